The number of nitrogens with one attached hydrogen (secondary N) is 1. The molecule has 1 amide bonds. The van der Waals surface area contributed by atoms with Gasteiger partial charge in [-0.2, -0.15) is 18.3 Å². The van der Waals surface area contributed by atoms with Gasteiger partial charge in [-0.25, -0.2) is 4.68 Å². The monoisotopic (exact) mass is 368 g/mol. The Morgan fingerprint density at radius 1 is 1.27 bits per heavy atom. The normalized spacial score (nSPS) is 23.4. The Morgan fingerprint density at radius 2 is 2.04 bits per heavy atom. The quantitative estimate of drug-likeness (QED) is 0.877. The smallest absolute Gasteiger partial charge is 0.410 e. The van der Waals surface area contributed by atoms with E-state index in [-0.39, 0.29) is 23.8 Å². The summed E-state index contributed by atoms with van der Waals surface area (Å²) < 4.78 is 46.9. The number of fused-ring (bicyclic) bond motifs is 1. The van der Waals surface area contributed by atoms with Gasteiger partial charge in [0, 0.05) is 25.6 Å². The topological polar surface area (TPSA) is 63.3 Å². The molecule has 4 heterocycles. The average Bonchev–Trinajstić information content (AvgIpc) is 3.29. The minimum Gasteiger partial charge on any atom is -0.467 e. The van der Waals surface area contributed by atoms with Crippen molar-refractivity contribution in [1.82, 2.24) is 14.7 Å². The minimum atomic E-state index is -4.47. The number of furan rings is 1. The van der Waals surface area contributed by atoms with Crippen LogP contribution in [0.1, 0.15) is 54.0 Å². The van der Waals surface area contributed by atoms with Crippen LogP contribution in [0, 0.1) is 0 Å². The van der Waals surface area contributed by atoms with Gasteiger partial charge in [-0.1, -0.05) is 0 Å². The number of rotatable bonds is 2. The second-order valence-electron chi connectivity index (χ2n) is 6.72. The predicted molar refractivity (Wildman–Crippen MR) is 86.8 cm³/mol. The second kappa shape index (κ2) is 6.37. The Bertz CT molecular complexity index is 779. The Kier molecular flexibility index (Phi) is 4.16. The number of aromatic nitrogens is 2. The summed E-state index contributed by atoms with van der Waals surface area (Å²) in [5, 5.41) is 7.02. The first-order chi connectivity index (χ1) is 12.4. The van der Waals surface area contributed by atoms with E-state index in [2.05, 4.69) is 10.4 Å². The molecule has 1 N–H and O–H groups in total. The van der Waals surface area contributed by atoms with Crippen LogP contribution in [0.3, 0.4) is 0 Å². The largest absolute Gasteiger partial charge is 0.467 e. The van der Waals surface area contributed by atoms with Crippen LogP contribution in [0.2, 0.25) is 0 Å². The molecular formula is C17H19F3N4O2. The number of halogens is 3. The number of carbonyl (C=O) groups is 1. The molecule has 0 aromatic carbocycles. The van der Waals surface area contributed by atoms with E-state index in [1.807, 2.05) is 0 Å². The van der Waals surface area contributed by atoms with Gasteiger partial charge in [-0.05, 0) is 31.4 Å². The maximum Gasteiger partial charge on any atom is 0.410 e. The highest BCUT2D eigenvalue weighted by atomic mass is 19.4. The van der Waals surface area contributed by atoms with Gasteiger partial charge in [0.05, 0.1) is 12.3 Å². The van der Waals surface area contributed by atoms with Crippen LogP contribution >= 0.6 is 0 Å². The van der Waals surface area contributed by atoms with Crippen LogP contribution in [0.15, 0.2) is 28.9 Å². The lowest BCUT2D eigenvalue weighted by Crippen LogP contribution is -2.37. The van der Waals surface area contributed by atoms with Gasteiger partial charge in [0.1, 0.15) is 11.6 Å². The summed E-state index contributed by atoms with van der Waals surface area (Å²) in [5.41, 5.74) is 0.0451. The van der Waals surface area contributed by atoms with Crippen LogP contribution in [0.5, 0.6) is 0 Å². The third kappa shape index (κ3) is 3.06. The number of piperidine rings is 1. The summed E-state index contributed by atoms with van der Waals surface area (Å²) in [7, 11) is 0. The highest BCUT2D eigenvalue weighted by Gasteiger charge is 2.47. The van der Waals surface area contributed by atoms with Crippen LogP contribution in [0.25, 0.3) is 0 Å². The molecule has 0 spiro atoms. The first-order valence-electron chi connectivity index (χ1n) is 8.69. The van der Waals surface area contributed by atoms with Crippen molar-refractivity contribution in [3.63, 3.8) is 0 Å². The second-order valence-corrected chi connectivity index (χ2v) is 6.72. The van der Waals surface area contributed by atoms with E-state index >= 15 is 0 Å². The molecule has 6 nitrogen and oxygen atoms in total. The van der Waals surface area contributed by atoms with E-state index in [1.54, 1.807) is 17.0 Å². The van der Waals surface area contributed by atoms with Crippen molar-refractivity contribution < 1.29 is 22.4 Å². The lowest BCUT2D eigenvalue weighted by Gasteiger charge is -2.32. The molecule has 2 aliphatic rings. The summed E-state index contributed by atoms with van der Waals surface area (Å²) in [6.07, 6.45) is -0.419. The summed E-state index contributed by atoms with van der Waals surface area (Å²) in [4.78, 5) is 14.3. The third-order valence-corrected chi connectivity index (χ3v) is 4.94. The van der Waals surface area contributed by atoms with E-state index in [9.17, 15) is 18.0 Å². The highest BCUT2D eigenvalue weighted by molar-refractivity contribution is 5.93. The molecule has 2 aromatic heterocycles. The Balaban J connectivity index is 1.66. The third-order valence-electron chi connectivity index (χ3n) is 4.94. The molecule has 2 atom stereocenters. The van der Waals surface area contributed by atoms with E-state index in [4.69, 9.17) is 4.42 Å². The summed E-state index contributed by atoms with van der Waals surface area (Å²) in [6.45, 7) is 1.23. The molecule has 140 valence electrons. The van der Waals surface area contributed by atoms with E-state index in [0.717, 1.165) is 23.9 Å². The molecule has 0 aliphatic carbocycles. The molecule has 0 bridgehead atoms. The zero-order valence-corrected chi connectivity index (χ0v) is 14.0. The Labute approximate surface area is 147 Å². The fourth-order valence-electron chi connectivity index (χ4n) is 3.61. The number of hydrogen-bond donors (Lipinski definition) is 1. The van der Waals surface area contributed by atoms with Gasteiger partial charge in [0.2, 0.25) is 0 Å². The van der Waals surface area contributed by atoms with E-state index in [0.29, 0.717) is 18.8 Å². The standard InChI is InChI=1S/C17H19F3N4O2/c18-17(19,20)14-9-11(13-5-4-8-26-13)21-15-10-12(22-24(14)15)16(25)23-6-2-1-3-7-23/h4-5,8,10-11,14,21H,1-3,6-7,9H2/t11-,14-/m1/s1. The molecule has 0 radical (unpaired) electrons. The predicted octanol–water partition coefficient (Wildman–Crippen LogP) is 3.76. The van der Waals surface area contributed by atoms with Crippen molar-refractivity contribution in [3.8, 4) is 0 Å². The summed E-state index contributed by atoms with van der Waals surface area (Å²) in [6, 6.07) is 2.24. The lowest BCUT2D eigenvalue weighted by atomic mass is 10.0. The van der Waals surface area contributed by atoms with E-state index < -0.39 is 18.3 Å². The van der Waals surface area contributed by atoms with Gasteiger partial charge < -0.3 is 14.6 Å². The van der Waals surface area contributed by atoms with Gasteiger partial charge in [0.15, 0.2) is 11.7 Å². The number of nitrogens with zero attached hydrogens (tertiary/aromatic N) is 3. The van der Waals surface area contributed by atoms with Crippen molar-refractivity contribution >= 4 is 11.7 Å². The van der Waals surface area contributed by atoms with Crippen LogP contribution in [-0.2, 0) is 0 Å². The maximum absolute atomic E-state index is 13.6. The van der Waals surface area contributed by atoms with Crippen LogP contribution in [-0.4, -0.2) is 39.9 Å². The highest BCUT2D eigenvalue weighted by Crippen LogP contribution is 2.43. The van der Waals surface area contributed by atoms with Gasteiger partial charge in [-0.15, -0.1) is 0 Å². The molecule has 2 aromatic rings. The fourth-order valence-corrected chi connectivity index (χ4v) is 3.61. The lowest BCUT2D eigenvalue weighted by molar-refractivity contribution is -0.174. The van der Waals surface area contributed by atoms with Crippen molar-refractivity contribution in [2.24, 2.45) is 0 Å². The Hall–Kier alpha value is -2.45. The molecule has 0 saturated carbocycles. The number of carbonyl (C=O) groups excluding carboxylic acids is 1. The minimum absolute atomic E-state index is 0.0451. The first-order valence-corrected chi connectivity index (χ1v) is 8.69. The summed E-state index contributed by atoms with van der Waals surface area (Å²) in [5.74, 6) is 0.291. The summed E-state index contributed by atoms with van der Waals surface area (Å²) >= 11 is 0. The Morgan fingerprint density at radius 3 is 2.69 bits per heavy atom. The van der Waals surface area contributed by atoms with E-state index in [1.165, 1.54) is 12.3 Å². The molecule has 26 heavy (non-hydrogen) atoms. The molecule has 4 rings (SSSR count). The zero-order chi connectivity index (χ0) is 18.3. The number of amides is 1. The maximum atomic E-state index is 13.6. The molecule has 2 aliphatic heterocycles. The first kappa shape index (κ1) is 17.0. The number of hydrogen-bond acceptors (Lipinski definition) is 4. The zero-order valence-electron chi connectivity index (χ0n) is 14.0. The van der Waals surface area contributed by atoms with Gasteiger partial charge >= 0.3 is 6.18 Å². The number of alkyl halides is 3. The van der Waals surface area contributed by atoms with Crippen molar-refractivity contribution in [2.75, 3.05) is 18.4 Å². The molecular weight excluding hydrogens is 349 g/mol. The SMILES string of the molecule is O=C(c1cc2n(n1)[C@@H](C(F)(F)F)C[C@H](c1ccco1)N2)N1CCCCC1. The fraction of sp³-hybridized carbons (Fsp3) is 0.529. The molecule has 1 saturated heterocycles. The molecule has 0 unspecified atom stereocenters. The van der Waals surface area contributed by atoms with Gasteiger partial charge in [-0.3, -0.25) is 4.79 Å². The van der Waals surface area contributed by atoms with Gasteiger partial charge in [0.25, 0.3) is 5.91 Å². The van der Waals surface area contributed by atoms with Crippen molar-refractivity contribution in [2.45, 2.75) is 43.9 Å². The number of anilines is 1. The van der Waals surface area contributed by atoms with Crippen LogP contribution in [0.4, 0.5) is 19.0 Å². The van der Waals surface area contributed by atoms with Crippen molar-refractivity contribution in [1.29, 1.82) is 0 Å². The number of likely N-dealkylation sites (tertiary alicyclic amines) is 1. The molecule has 1 fully saturated rings. The molecule has 9 heteroatoms. The van der Waals surface area contributed by atoms with Crippen molar-refractivity contribution in [3.05, 3.63) is 35.9 Å². The average molecular weight is 368 g/mol. The van der Waals surface area contributed by atoms with Crippen LogP contribution < -0.4 is 5.32 Å².